The fourth-order valence-electron chi connectivity index (χ4n) is 3.37. The smallest absolute Gasteiger partial charge is 0.121 e. The van der Waals surface area contributed by atoms with E-state index in [9.17, 15) is 5.11 Å². The minimum absolute atomic E-state index is 0.433. The second kappa shape index (κ2) is 5.90. The highest BCUT2D eigenvalue weighted by Gasteiger charge is 2.23. The Morgan fingerprint density at radius 1 is 1.10 bits per heavy atom. The van der Waals surface area contributed by atoms with Gasteiger partial charge in [0.25, 0.3) is 0 Å². The molecular weight excluding hydrogens is 258 g/mol. The lowest BCUT2D eigenvalue weighted by molar-refractivity contribution is 0.326. The van der Waals surface area contributed by atoms with Gasteiger partial charge in [-0.3, -0.25) is 4.90 Å². The third-order valence-corrected chi connectivity index (χ3v) is 4.50. The molecule has 3 rings (SSSR count). The molecule has 1 atom stereocenters. The second-order valence-corrected chi connectivity index (χ2v) is 6.21. The molecule has 0 spiro atoms. The van der Waals surface area contributed by atoms with Crippen LogP contribution >= 0.6 is 0 Å². The van der Waals surface area contributed by atoms with Gasteiger partial charge < -0.3 is 5.11 Å². The average Bonchev–Trinajstić information content (AvgIpc) is 2.94. The highest BCUT2D eigenvalue weighted by molar-refractivity contribution is 5.42. The first kappa shape index (κ1) is 14.2. The molecule has 0 saturated carbocycles. The van der Waals surface area contributed by atoms with Gasteiger partial charge in [0.05, 0.1) is 0 Å². The molecular formula is C19H23NO. The molecule has 0 bridgehead atoms. The van der Waals surface area contributed by atoms with Crippen molar-refractivity contribution < 1.29 is 5.11 Å². The van der Waals surface area contributed by atoms with Gasteiger partial charge in [-0.2, -0.15) is 0 Å². The Hall–Kier alpha value is -1.80. The number of hydrogen-bond acceptors (Lipinski definition) is 2. The predicted octanol–water partition coefficient (Wildman–Crippen LogP) is 4.00. The van der Waals surface area contributed by atoms with Crippen molar-refractivity contribution in [1.82, 2.24) is 4.90 Å². The largest absolute Gasteiger partial charge is 0.507 e. The zero-order valence-corrected chi connectivity index (χ0v) is 12.8. The Balaban J connectivity index is 1.68. The molecule has 2 aromatic rings. The van der Waals surface area contributed by atoms with E-state index in [2.05, 4.69) is 47.4 Å². The minimum Gasteiger partial charge on any atom is -0.507 e. The van der Waals surface area contributed by atoms with Crippen LogP contribution in [-0.2, 0) is 6.54 Å². The van der Waals surface area contributed by atoms with E-state index in [0.29, 0.717) is 11.7 Å². The van der Waals surface area contributed by atoms with Crippen molar-refractivity contribution in [2.75, 3.05) is 13.1 Å². The number of aromatic hydroxyl groups is 1. The quantitative estimate of drug-likeness (QED) is 0.919. The van der Waals surface area contributed by atoms with E-state index in [0.717, 1.165) is 30.8 Å². The summed E-state index contributed by atoms with van der Waals surface area (Å²) in [6.07, 6.45) is 1.24. The third kappa shape index (κ3) is 3.11. The summed E-state index contributed by atoms with van der Waals surface area (Å²) in [5, 5.41) is 9.87. The Morgan fingerprint density at radius 3 is 2.43 bits per heavy atom. The van der Waals surface area contributed by atoms with Crippen LogP contribution in [0.1, 0.15) is 34.6 Å². The molecule has 0 radical (unpaired) electrons. The summed E-state index contributed by atoms with van der Waals surface area (Å²) < 4.78 is 0. The molecule has 110 valence electrons. The zero-order chi connectivity index (χ0) is 14.8. The Labute approximate surface area is 127 Å². The first-order chi connectivity index (χ1) is 10.1. The van der Waals surface area contributed by atoms with Crippen molar-refractivity contribution in [3.63, 3.8) is 0 Å². The molecule has 1 unspecified atom stereocenters. The van der Waals surface area contributed by atoms with E-state index in [1.807, 2.05) is 13.8 Å². The van der Waals surface area contributed by atoms with Crippen LogP contribution in [0.5, 0.6) is 5.75 Å². The van der Waals surface area contributed by atoms with Crippen molar-refractivity contribution in [2.45, 2.75) is 32.7 Å². The van der Waals surface area contributed by atoms with Gasteiger partial charge in [0.2, 0.25) is 0 Å². The molecule has 0 amide bonds. The van der Waals surface area contributed by atoms with Crippen LogP contribution in [0.25, 0.3) is 0 Å². The normalized spacial score (nSPS) is 19.0. The summed E-state index contributed by atoms with van der Waals surface area (Å²) in [6, 6.07) is 15.0. The number of hydrogen-bond donors (Lipinski definition) is 1. The van der Waals surface area contributed by atoms with Crippen molar-refractivity contribution in [3.05, 3.63) is 64.7 Å². The van der Waals surface area contributed by atoms with Crippen molar-refractivity contribution in [1.29, 1.82) is 0 Å². The lowest BCUT2D eigenvalue weighted by atomic mass is 9.99. The molecule has 1 fully saturated rings. The second-order valence-electron chi connectivity index (χ2n) is 6.21. The first-order valence-electron chi connectivity index (χ1n) is 7.70. The molecule has 0 aromatic heterocycles. The number of nitrogens with zero attached hydrogens (tertiary/aromatic N) is 1. The molecule has 0 aliphatic carbocycles. The Bertz CT molecular complexity index is 598. The SMILES string of the molecule is Cc1cc(CN2CCC(c3ccccc3)C2)cc(C)c1O. The van der Waals surface area contributed by atoms with Crippen LogP contribution in [0.4, 0.5) is 0 Å². The van der Waals surface area contributed by atoms with Crippen molar-refractivity contribution >= 4 is 0 Å². The number of aryl methyl sites for hydroxylation is 2. The topological polar surface area (TPSA) is 23.5 Å². The van der Waals surface area contributed by atoms with Crippen LogP contribution in [0.15, 0.2) is 42.5 Å². The molecule has 1 aliphatic rings. The van der Waals surface area contributed by atoms with E-state index in [1.165, 1.54) is 17.5 Å². The molecule has 2 heteroatoms. The van der Waals surface area contributed by atoms with Crippen LogP contribution < -0.4 is 0 Å². The fraction of sp³-hybridized carbons (Fsp3) is 0.368. The van der Waals surface area contributed by atoms with Gasteiger partial charge in [-0.25, -0.2) is 0 Å². The molecule has 21 heavy (non-hydrogen) atoms. The maximum absolute atomic E-state index is 9.87. The third-order valence-electron chi connectivity index (χ3n) is 4.50. The van der Waals surface area contributed by atoms with Gasteiger partial charge in [-0.1, -0.05) is 42.5 Å². The number of likely N-dealkylation sites (tertiary alicyclic amines) is 1. The molecule has 1 saturated heterocycles. The van der Waals surface area contributed by atoms with Gasteiger partial charge in [0.1, 0.15) is 5.75 Å². The Morgan fingerprint density at radius 2 is 1.76 bits per heavy atom. The molecule has 1 N–H and O–H groups in total. The maximum Gasteiger partial charge on any atom is 0.121 e. The van der Waals surface area contributed by atoms with Crippen LogP contribution in [-0.4, -0.2) is 23.1 Å². The van der Waals surface area contributed by atoms with E-state index < -0.39 is 0 Å². The average molecular weight is 281 g/mol. The van der Waals surface area contributed by atoms with Crippen molar-refractivity contribution in [3.8, 4) is 5.75 Å². The van der Waals surface area contributed by atoms with Gasteiger partial charge in [-0.15, -0.1) is 0 Å². The van der Waals surface area contributed by atoms with E-state index in [4.69, 9.17) is 0 Å². The van der Waals surface area contributed by atoms with Gasteiger partial charge in [0, 0.05) is 13.1 Å². The fourth-order valence-corrected chi connectivity index (χ4v) is 3.37. The number of benzene rings is 2. The number of rotatable bonds is 3. The molecule has 2 nitrogen and oxygen atoms in total. The highest BCUT2D eigenvalue weighted by Crippen LogP contribution is 2.29. The standard InChI is InChI=1S/C19H23NO/c1-14-10-16(11-15(2)19(14)21)12-20-9-8-18(13-20)17-6-4-3-5-7-17/h3-7,10-11,18,21H,8-9,12-13H2,1-2H3. The lowest BCUT2D eigenvalue weighted by Gasteiger charge is -2.17. The first-order valence-corrected chi connectivity index (χ1v) is 7.70. The van der Waals surface area contributed by atoms with Crippen molar-refractivity contribution in [2.24, 2.45) is 0 Å². The summed E-state index contributed by atoms with van der Waals surface area (Å²) in [6.45, 7) is 7.21. The summed E-state index contributed by atoms with van der Waals surface area (Å²) in [5.74, 6) is 1.09. The zero-order valence-electron chi connectivity index (χ0n) is 12.8. The molecule has 2 aromatic carbocycles. The monoisotopic (exact) mass is 281 g/mol. The summed E-state index contributed by atoms with van der Waals surface area (Å²) in [4.78, 5) is 2.52. The number of phenolic OH excluding ortho intramolecular Hbond substituents is 1. The van der Waals surface area contributed by atoms with Gasteiger partial charge in [0.15, 0.2) is 0 Å². The Kier molecular flexibility index (Phi) is 3.98. The van der Waals surface area contributed by atoms with Gasteiger partial charge >= 0.3 is 0 Å². The summed E-state index contributed by atoms with van der Waals surface area (Å²) in [7, 11) is 0. The predicted molar refractivity (Wildman–Crippen MR) is 86.7 cm³/mol. The highest BCUT2D eigenvalue weighted by atomic mass is 16.3. The van der Waals surface area contributed by atoms with E-state index in [-0.39, 0.29) is 0 Å². The maximum atomic E-state index is 9.87. The van der Waals surface area contributed by atoms with E-state index in [1.54, 1.807) is 0 Å². The van der Waals surface area contributed by atoms with Gasteiger partial charge in [-0.05, 0) is 55.0 Å². The minimum atomic E-state index is 0.433. The lowest BCUT2D eigenvalue weighted by Crippen LogP contribution is -2.19. The summed E-state index contributed by atoms with van der Waals surface area (Å²) in [5.41, 5.74) is 4.71. The van der Waals surface area contributed by atoms with Crippen LogP contribution in [0.2, 0.25) is 0 Å². The van der Waals surface area contributed by atoms with E-state index >= 15 is 0 Å². The summed E-state index contributed by atoms with van der Waals surface area (Å²) >= 11 is 0. The molecule has 1 heterocycles. The van der Waals surface area contributed by atoms with Crippen LogP contribution in [0, 0.1) is 13.8 Å². The number of phenols is 1. The van der Waals surface area contributed by atoms with Crippen LogP contribution in [0.3, 0.4) is 0 Å². The molecule has 1 aliphatic heterocycles.